The number of carbonyl (C=O) groups excluding carboxylic acids is 3. The van der Waals surface area contributed by atoms with Gasteiger partial charge in [0.05, 0.1) is 17.9 Å². The van der Waals surface area contributed by atoms with Gasteiger partial charge in [-0.25, -0.2) is 0 Å². The largest absolute Gasteiger partial charge is 0.359 e. The number of carbonyl (C=O) groups is 3. The molecular weight excluding hydrogens is 552 g/mol. The Bertz CT molecular complexity index is 1370. The number of amides is 3. The van der Waals surface area contributed by atoms with Crippen LogP contribution in [0.5, 0.6) is 0 Å². The molecular formula is C36H46N4O4. The molecule has 1 saturated carbocycles. The van der Waals surface area contributed by atoms with E-state index in [-0.39, 0.29) is 23.8 Å². The van der Waals surface area contributed by atoms with Crippen LogP contribution in [0.25, 0.3) is 0 Å². The molecule has 6 rings (SSSR count). The van der Waals surface area contributed by atoms with Crippen LogP contribution in [0.4, 0.5) is 5.69 Å². The molecule has 1 aliphatic carbocycles. The summed E-state index contributed by atoms with van der Waals surface area (Å²) in [5, 5.41) is 6.31. The zero-order chi connectivity index (χ0) is 30.8. The first-order chi connectivity index (χ1) is 21.3. The number of fused-ring (bicyclic) bond motifs is 1. The lowest BCUT2D eigenvalue weighted by Crippen LogP contribution is -2.56. The highest BCUT2D eigenvalue weighted by molar-refractivity contribution is 6.02. The van der Waals surface area contributed by atoms with Crippen molar-refractivity contribution in [3.05, 3.63) is 77.9 Å². The minimum Gasteiger partial charge on any atom is -0.359 e. The minimum absolute atomic E-state index is 0.108. The fourth-order valence-electron chi connectivity index (χ4n) is 7.70. The predicted molar refractivity (Wildman–Crippen MR) is 171 cm³/mol. The monoisotopic (exact) mass is 598 g/mol. The molecule has 2 bridgehead atoms. The van der Waals surface area contributed by atoms with Gasteiger partial charge in [-0.15, -0.1) is 0 Å². The molecule has 8 heteroatoms. The molecule has 2 N–H and O–H groups in total. The number of anilines is 1. The molecule has 8 nitrogen and oxygen atoms in total. The van der Waals surface area contributed by atoms with Gasteiger partial charge in [0, 0.05) is 24.8 Å². The van der Waals surface area contributed by atoms with Gasteiger partial charge >= 0.3 is 0 Å². The van der Waals surface area contributed by atoms with Crippen molar-refractivity contribution in [2.24, 2.45) is 11.8 Å². The van der Waals surface area contributed by atoms with E-state index >= 15 is 0 Å². The average molecular weight is 599 g/mol. The lowest BCUT2D eigenvalue weighted by molar-refractivity contribution is -0.141. The summed E-state index contributed by atoms with van der Waals surface area (Å²) in [7, 11) is 2.07. The molecule has 3 heterocycles. The quantitative estimate of drug-likeness (QED) is 0.360. The minimum atomic E-state index is -1.14. The van der Waals surface area contributed by atoms with Crippen LogP contribution in [0.2, 0.25) is 0 Å². The lowest BCUT2D eigenvalue weighted by Gasteiger charge is -2.34. The van der Waals surface area contributed by atoms with E-state index in [0.29, 0.717) is 24.6 Å². The molecule has 3 aliphatic heterocycles. The van der Waals surface area contributed by atoms with E-state index in [1.54, 1.807) is 4.90 Å². The van der Waals surface area contributed by atoms with Crippen LogP contribution in [0.3, 0.4) is 0 Å². The smallest absolute Gasteiger partial charge is 0.246 e. The number of rotatable bonds is 11. The van der Waals surface area contributed by atoms with E-state index in [1.807, 2.05) is 54.6 Å². The van der Waals surface area contributed by atoms with Gasteiger partial charge in [-0.05, 0) is 62.0 Å². The summed E-state index contributed by atoms with van der Waals surface area (Å²) >= 11 is 0. The van der Waals surface area contributed by atoms with Gasteiger partial charge in [0.2, 0.25) is 17.7 Å². The molecule has 2 saturated heterocycles. The number of hydrogen-bond donors (Lipinski definition) is 2. The number of nitrogens with one attached hydrogen (secondary N) is 2. The first kappa shape index (κ1) is 30.5. The van der Waals surface area contributed by atoms with Crippen LogP contribution in [0.15, 0.2) is 66.7 Å². The van der Waals surface area contributed by atoms with E-state index in [4.69, 9.17) is 4.74 Å². The van der Waals surface area contributed by atoms with Gasteiger partial charge in [0.15, 0.2) is 0 Å². The second kappa shape index (κ2) is 12.9. The molecule has 3 amide bonds. The van der Waals surface area contributed by atoms with E-state index in [9.17, 15) is 14.4 Å². The van der Waals surface area contributed by atoms with Gasteiger partial charge in [0.25, 0.3) is 0 Å². The normalized spacial score (nSPS) is 27.8. The lowest BCUT2D eigenvalue weighted by atomic mass is 9.74. The highest BCUT2D eigenvalue weighted by Crippen LogP contribution is 2.55. The SMILES string of the molecule is CC(C)c1ccc(NC(=O)[C@H]2[C@@H]3C=C[C@]4(O3)[C@@H]2C(=O)N(CCCN(C)Cc2ccccc2)[C@H]4C(=O)NC2CCCCC2)cc1. The van der Waals surface area contributed by atoms with Crippen LogP contribution < -0.4 is 10.6 Å². The summed E-state index contributed by atoms with van der Waals surface area (Å²) in [4.78, 5) is 46.1. The fourth-order valence-corrected chi connectivity index (χ4v) is 7.70. The molecule has 44 heavy (non-hydrogen) atoms. The Morgan fingerprint density at radius 3 is 2.45 bits per heavy atom. The van der Waals surface area contributed by atoms with Crippen molar-refractivity contribution in [1.82, 2.24) is 15.1 Å². The maximum absolute atomic E-state index is 14.3. The van der Waals surface area contributed by atoms with Gasteiger partial charge < -0.3 is 25.2 Å². The topological polar surface area (TPSA) is 91.0 Å². The van der Waals surface area contributed by atoms with Gasteiger partial charge in [-0.1, -0.05) is 87.7 Å². The van der Waals surface area contributed by atoms with Crippen molar-refractivity contribution in [1.29, 1.82) is 0 Å². The second-order valence-electron chi connectivity index (χ2n) is 13.4. The standard InChI is InChI=1S/C36H46N4O4/c1-24(2)26-15-17-28(18-16-26)37-33(41)30-29-19-20-36(44-29)31(30)35(43)40(32(36)34(42)38-27-13-8-5-9-14-27)22-10-21-39(3)23-25-11-6-4-7-12-25/h4,6-7,11-12,15-20,24,27,29-32H,5,8-10,13-14,21-23H2,1-3H3,(H,37,41)(H,38,42)/t29-,30-,31-,32-,36-/m0/s1. The molecule has 2 aromatic rings. The molecule has 1 spiro atoms. The first-order valence-electron chi connectivity index (χ1n) is 16.4. The number of likely N-dealkylation sites (tertiary alicyclic amines) is 1. The first-order valence-corrected chi connectivity index (χ1v) is 16.4. The Kier molecular flexibility index (Phi) is 8.92. The van der Waals surface area contributed by atoms with Gasteiger partial charge in [0.1, 0.15) is 11.6 Å². The molecule has 0 unspecified atom stereocenters. The van der Waals surface area contributed by atoms with E-state index in [2.05, 4.69) is 48.6 Å². The summed E-state index contributed by atoms with van der Waals surface area (Å²) in [6.45, 7) is 6.26. The van der Waals surface area contributed by atoms with E-state index in [1.165, 1.54) is 17.5 Å². The summed E-state index contributed by atoms with van der Waals surface area (Å²) in [6, 6.07) is 17.4. The average Bonchev–Trinajstić information content (AvgIpc) is 3.66. The van der Waals surface area contributed by atoms with Crippen molar-refractivity contribution < 1.29 is 19.1 Å². The second-order valence-corrected chi connectivity index (χ2v) is 13.4. The fraction of sp³-hybridized carbons (Fsp3) is 0.528. The maximum atomic E-state index is 14.3. The van der Waals surface area contributed by atoms with Crippen molar-refractivity contribution in [2.75, 3.05) is 25.5 Å². The Morgan fingerprint density at radius 2 is 1.75 bits per heavy atom. The van der Waals surface area contributed by atoms with Crippen molar-refractivity contribution in [2.45, 2.75) is 88.6 Å². The van der Waals surface area contributed by atoms with Crippen LogP contribution in [0, 0.1) is 11.8 Å². The zero-order valence-corrected chi connectivity index (χ0v) is 26.2. The van der Waals surface area contributed by atoms with E-state index < -0.39 is 29.6 Å². The molecule has 2 aromatic carbocycles. The molecule has 0 radical (unpaired) electrons. The van der Waals surface area contributed by atoms with Crippen molar-refractivity contribution in [3.8, 4) is 0 Å². The number of hydrogen-bond acceptors (Lipinski definition) is 5. The van der Waals surface area contributed by atoms with Crippen LogP contribution in [-0.2, 0) is 25.7 Å². The number of ether oxygens (including phenoxy) is 1. The Balaban J connectivity index is 1.20. The van der Waals surface area contributed by atoms with Crippen LogP contribution in [0.1, 0.15) is 69.4 Å². The molecule has 3 fully saturated rings. The molecule has 4 aliphatic rings. The van der Waals surface area contributed by atoms with Gasteiger partial charge in [-0.3, -0.25) is 14.4 Å². The summed E-state index contributed by atoms with van der Waals surface area (Å²) in [6.07, 6.45) is 9.23. The Hall–Kier alpha value is -3.49. The number of nitrogens with zero attached hydrogens (tertiary/aromatic N) is 2. The predicted octanol–water partition coefficient (Wildman–Crippen LogP) is 4.87. The summed E-state index contributed by atoms with van der Waals surface area (Å²) in [5.41, 5.74) is 1.97. The summed E-state index contributed by atoms with van der Waals surface area (Å²) in [5.74, 6) is -1.62. The third-order valence-electron chi connectivity index (χ3n) is 9.96. The summed E-state index contributed by atoms with van der Waals surface area (Å²) < 4.78 is 6.53. The zero-order valence-electron chi connectivity index (χ0n) is 26.2. The highest BCUT2D eigenvalue weighted by atomic mass is 16.5. The molecule has 0 aromatic heterocycles. The van der Waals surface area contributed by atoms with Crippen LogP contribution >= 0.6 is 0 Å². The maximum Gasteiger partial charge on any atom is 0.246 e. The van der Waals surface area contributed by atoms with E-state index in [0.717, 1.165) is 38.8 Å². The van der Waals surface area contributed by atoms with Gasteiger partial charge in [-0.2, -0.15) is 0 Å². The third-order valence-corrected chi connectivity index (χ3v) is 9.96. The van der Waals surface area contributed by atoms with Crippen molar-refractivity contribution in [3.63, 3.8) is 0 Å². The molecule has 234 valence electrons. The highest BCUT2D eigenvalue weighted by Gasteiger charge is 2.72. The van der Waals surface area contributed by atoms with Crippen molar-refractivity contribution >= 4 is 23.4 Å². The Labute approximate surface area is 261 Å². The van der Waals surface area contributed by atoms with Crippen LogP contribution in [-0.4, -0.2) is 71.4 Å². The number of benzene rings is 2. The molecule has 5 atom stereocenters. The third kappa shape index (κ3) is 5.94. The Morgan fingerprint density at radius 1 is 1.02 bits per heavy atom.